The van der Waals surface area contributed by atoms with Crippen molar-refractivity contribution in [1.29, 1.82) is 0 Å². The number of hydrogen-bond acceptors (Lipinski definition) is 3. The third-order valence-corrected chi connectivity index (χ3v) is 4.96. The second-order valence-electron chi connectivity index (χ2n) is 6.10. The summed E-state index contributed by atoms with van der Waals surface area (Å²) in [4.78, 5) is 30.7. The van der Waals surface area contributed by atoms with Gasteiger partial charge in [-0.3, -0.25) is 14.4 Å². The molecule has 0 aromatic heterocycles. The number of nitrogens with zero attached hydrogens (tertiary/aromatic N) is 1. The molecular formula is C19H19Cl2NO3. The van der Waals surface area contributed by atoms with E-state index in [1.807, 2.05) is 0 Å². The van der Waals surface area contributed by atoms with E-state index in [0.29, 0.717) is 33.0 Å². The third-order valence-electron chi connectivity index (χ3n) is 4.34. The summed E-state index contributed by atoms with van der Waals surface area (Å²) in [6.45, 7) is 2.48. The fraction of sp³-hybridized carbons (Fsp3) is 0.368. The smallest absolute Gasteiger partial charge is 0.266 e. The normalized spacial score (nSPS) is 13.8. The molecule has 6 heteroatoms. The summed E-state index contributed by atoms with van der Waals surface area (Å²) in [7, 11) is 0. The molecular weight excluding hydrogens is 361 g/mol. The van der Waals surface area contributed by atoms with E-state index < -0.39 is 11.8 Å². The number of benzene rings is 2. The van der Waals surface area contributed by atoms with Gasteiger partial charge in [-0.05, 0) is 23.9 Å². The zero-order valence-corrected chi connectivity index (χ0v) is 15.5. The number of hydroxylamine groups is 2. The molecule has 0 aliphatic carbocycles. The lowest BCUT2D eigenvalue weighted by Gasteiger charge is -2.13. The van der Waals surface area contributed by atoms with Crippen molar-refractivity contribution < 1.29 is 14.4 Å². The average molecular weight is 380 g/mol. The number of unbranched alkanes of at least 4 members (excludes halogenated alkanes) is 4. The molecule has 3 rings (SSSR count). The molecule has 0 saturated heterocycles. The van der Waals surface area contributed by atoms with Gasteiger partial charge in [0.2, 0.25) is 0 Å². The Bertz CT molecular complexity index is 835. The number of fused-ring (bicyclic) bond motifs is 3. The van der Waals surface area contributed by atoms with E-state index in [1.165, 1.54) is 12.5 Å². The van der Waals surface area contributed by atoms with Crippen LogP contribution in [-0.2, 0) is 4.84 Å². The number of halogens is 2. The molecule has 0 spiro atoms. The standard InChI is InChI=1S/C19H19Cl2NO3/c1-2-3-4-5-6-10-25-22-18(23)13-11-15(21)17-12(16(13)19(22)24)8-7-9-14(17)20/h7-9,11H,2-6,10H2,1H3. The van der Waals surface area contributed by atoms with Gasteiger partial charge in [0.05, 0.1) is 22.8 Å². The minimum Gasteiger partial charge on any atom is -0.266 e. The van der Waals surface area contributed by atoms with Crippen molar-refractivity contribution in [3.05, 3.63) is 45.4 Å². The summed E-state index contributed by atoms with van der Waals surface area (Å²) in [6.07, 6.45) is 5.29. The van der Waals surface area contributed by atoms with Crippen molar-refractivity contribution in [2.45, 2.75) is 39.0 Å². The van der Waals surface area contributed by atoms with Gasteiger partial charge in [0, 0.05) is 10.4 Å². The number of rotatable bonds is 7. The number of imide groups is 1. The molecule has 132 valence electrons. The minimum absolute atomic E-state index is 0.260. The summed E-state index contributed by atoms with van der Waals surface area (Å²) < 4.78 is 0. The first-order valence-corrected chi connectivity index (χ1v) is 9.24. The molecule has 0 saturated carbocycles. The van der Waals surface area contributed by atoms with Crippen LogP contribution in [0.5, 0.6) is 0 Å². The number of amides is 2. The van der Waals surface area contributed by atoms with E-state index in [9.17, 15) is 9.59 Å². The number of hydrogen-bond donors (Lipinski definition) is 0. The SMILES string of the molecule is CCCCCCCON1C(=O)c2cc(Cl)c3c(Cl)cccc3c2C1=O. The van der Waals surface area contributed by atoms with E-state index in [-0.39, 0.29) is 5.56 Å². The fourth-order valence-corrected chi connectivity index (χ4v) is 3.71. The highest BCUT2D eigenvalue weighted by atomic mass is 35.5. The van der Waals surface area contributed by atoms with Crippen molar-refractivity contribution in [2.24, 2.45) is 0 Å². The Kier molecular flexibility index (Phi) is 5.62. The van der Waals surface area contributed by atoms with Crippen LogP contribution in [0.3, 0.4) is 0 Å². The van der Waals surface area contributed by atoms with E-state index in [1.54, 1.807) is 18.2 Å². The molecule has 0 bridgehead atoms. The van der Waals surface area contributed by atoms with Gasteiger partial charge in [-0.2, -0.15) is 0 Å². The molecule has 2 aromatic carbocycles. The lowest BCUT2D eigenvalue weighted by Crippen LogP contribution is -2.30. The molecule has 0 radical (unpaired) electrons. The molecule has 1 aliphatic heterocycles. The molecule has 0 fully saturated rings. The maximum Gasteiger partial charge on any atom is 0.286 e. The van der Waals surface area contributed by atoms with Crippen molar-refractivity contribution >= 4 is 45.8 Å². The van der Waals surface area contributed by atoms with Crippen molar-refractivity contribution in [3.63, 3.8) is 0 Å². The lowest BCUT2D eigenvalue weighted by molar-refractivity contribution is -0.0922. The van der Waals surface area contributed by atoms with E-state index in [4.69, 9.17) is 28.0 Å². The van der Waals surface area contributed by atoms with Gasteiger partial charge in [-0.25, -0.2) is 0 Å². The Balaban J connectivity index is 1.82. The van der Waals surface area contributed by atoms with Crippen LogP contribution >= 0.6 is 23.2 Å². The summed E-state index contributed by atoms with van der Waals surface area (Å²) in [5.74, 6) is -0.935. The predicted molar refractivity (Wildman–Crippen MR) is 99.2 cm³/mol. The van der Waals surface area contributed by atoms with Gasteiger partial charge in [-0.15, -0.1) is 5.06 Å². The van der Waals surface area contributed by atoms with Crippen LogP contribution in [-0.4, -0.2) is 23.5 Å². The van der Waals surface area contributed by atoms with E-state index in [2.05, 4.69) is 6.92 Å². The largest absolute Gasteiger partial charge is 0.286 e. The second kappa shape index (κ2) is 7.73. The van der Waals surface area contributed by atoms with Gasteiger partial charge in [0.1, 0.15) is 0 Å². The Morgan fingerprint density at radius 2 is 1.76 bits per heavy atom. The van der Waals surface area contributed by atoms with Crippen molar-refractivity contribution in [3.8, 4) is 0 Å². The van der Waals surface area contributed by atoms with Crippen LogP contribution < -0.4 is 0 Å². The van der Waals surface area contributed by atoms with Gasteiger partial charge < -0.3 is 0 Å². The highest BCUT2D eigenvalue weighted by Crippen LogP contribution is 2.38. The number of carbonyl (C=O) groups is 2. The second-order valence-corrected chi connectivity index (χ2v) is 6.91. The Morgan fingerprint density at radius 3 is 2.52 bits per heavy atom. The molecule has 0 atom stereocenters. The van der Waals surface area contributed by atoms with Gasteiger partial charge in [-0.1, -0.05) is 67.9 Å². The molecule has 4 nitrogen and oxygen atoms in total. The first-order chi connectivity index (χ1) is 12.1. The first kappa shape index (κ1) is 18.2. The highest BCUT2D eigenvalue weighted by molar-refractivity contribution is 6.44. The average Bonchev–Trinajstić information content (AvgIpc) is 2.82. The predicted octanol–water partition coefficient (Wildman–Crippen LogP) is 5.64. The summed E-state index contributed by atoms with van der Waals surface area (Å²) >= 11 is 12.5. The third kappa shape index (κ3) is 3.39. The Morgan fingerprint density at radius 1 is 1.00 bits per heavy atom. The molecule has 2 amide bonds. The summed E-state index contributed by atoms with van der Waals surface area (Å²) in [6, 6.07) is 6.67. The topological polar surface area (TPSA) is 46.6 Å². The van der Waals surface area contributed by atoms with Crippen molar-refractivity contribution in [2.75, 3.05) is 6.61 Å². The lowest BCUT2D eigenvalue weighted by atomic mass is 10.0. The molecule has 1 heterocycles. The van der Waals surface area contributed by atoms with E-state index >= 15 is 0 Å². The molecule has 2 aromatic rings. The summed E-state index contributed by atoms with van der Waals surface area (Å²) in [5, 5.41) is 2.79. The van der Waals surface area contributed by atoms with Crippen LogP contribution in [0.4, 0.5) is 0 Å². The Labute approximate surface area is 156 Å². The molecule has 0 N–H and O–H groups in total. The van der Waals surface area contributed by atoms with Gasteiger partial charge >= 0.3 is 0 Å². The monoisotopic (exact) mass is 379 g/mol. The zero-order valence-electron chi connectivity index (χ0n) is 14.0. The number of carbonyl (C=O) groups excluding carboxylic acids is 2. The Hall–Kier alpha value is -1.62. The van der Waals surface area contributed by atoms with Crippen LogP contribution in [0.1, 0.15) is 59.7 Å². The molecule has 1 aliphatic rings. The maximum absolute atomic E-state index is 12.7. The molecule has 25 heavy (non-hydrogen) atoms. The van der Waals surface area contributed by atoms with Crippen LogP contribution in [0, 0.1) is 0 Å². The zero-order chi connectivity index (χ0) is 18.0. The summed E-state index contributed by atoms with van der Waals surface area (Å²) in [5.41, 5.74) is 0.564. The maximum atomic E-state index is 12.7. The van der Waals surface area contributed by atoms with Gasteiger partial charge in [0.15, 0.2) is 0 Å². The van der Waals surface area contributed by atoms with Crippen molar-refractivity contribution in [1.82, 2.24) is 5.06 Å². The quantitative estimate of drug-likeness (QED) is 0.461. The molecule has 0 unspecified atom stereocenters. The minimum atomic E-state index is -0.475. The fourth-order valence-electron chi connectivity index (χ4n) is 3.07. The van der Waals surface area contributed by atoms with E-state index in [0.717, 1.165) is 30.7 Å². The van der Waals surface area contributed by atoms with Crippen LogP contribution in [0.2, 0.25) is 10.0 Å². The van der Waals surface area contributed by atoms with Gasteiger partial charge in [0.25, 0.3) is 11.8 Å². The first-order valence-electron chi connectivity index (χ1n) is 8.48. The van der Waals surface area contributed by atoms with Crippen LogP contribution in [0.25, 0.3) is 10.8 Å². The van der Waals surface area contributed by atoms with Crippen LogP contribution in [0.15, 0.2) is 24.3 Å². The highest BCUT2D eigenvalue weighted by Gasteiger charge is 2.39.